The summed E-state index contributed by atoms with van der Waals surface area (Å²) in [5, 5.41) is 5.68. The van der Waals surface area contributed by atoms with Crippen LogP contribution in [0.25, 0.3) is 0 Å². The van der Waals surface area contributed by atoms with Crippen LogP contribution in [0.1, 0.15) is 33.6 Å². The van der Waals surface area contributed by atoms with Gasteiger partial charge in [-0.15, -0.1) is 0 Å². The zero-order valence-corrected chi connectivity index (χ0v) is 11.0. The van der Waals surface area contributed by atoms with Crippen molar-refractivity contribution in [2.75, 3.05) is 19.6 Å². The van der Waals surface area contributed by atoms with Crippen molar-refractivity contribution in [2.24, 2.45) is 0 Å². The van der Waals surface area contributed by atoms with E-state index in [9.17, 15) is 9.59 Å². The first-order valence-corrected chi connectivity index (χ1v) is 6.40. The molecule has 1 saturated carbocycles. The Hall–Kier alpha value is -1.10. The molecule has 1 atom stereocenters. The van der Waals surface area contributed by atoms with E-state index in [2.05, 4.69) is 10.6 Å². The summed E-state index contributed by atoms with van der Waals surface area (Å²) in [6.07, 6.45) is 2.23. The van der Waals surface area contributed by atoms with Crippen molar-refractivity contribution < 1.29 is 9.59 Å². The molecule has 1 unspecified atom stereocenters. The van der Waals surface area contributed by atoms with Crippen LogP contribution in [0.3, 0.4) is 0 Å². The molecule has 2 N–H and O–H groups in total. The fraction of sp³-hybridized carbons (Fsp3) is 0.833. The summed E-state index contributed by atoms with van der Waals surface area (Å²) in [6.45, 7) is 7.24. The molecular weight excluding hydrogens is 218 g/mol. The van der Waals surface area contributed by atoms with Crippen LogP contribution in [0.2, 0.25) is 0 Å². The van der Waals surface area contributed by atoms with Gasteiger partial charge in [-0.1, -0.05) is 0 Å². The highest BCUT2D eigenvalue weighted by Gasteiger charge is 2.31. The Bertz CT molecular complexity index is 277. The number of carbonyl (C=O) groups is 2. The van der Waals surface area contributed by atoms with Gasteiger partial charge in [0.1, 0.15) is 0 Å². The predicted octanol–water partition coefficient (Wildman–Crippen LogP) is 0.112. The number of nitrogens with one attached hydrogen (secondary N) is 2. The minimum Gasteiger partial charge on any atom is -0.355 e. The first kappa shape index (κ1) is 14.0. The van der Waals surface area contributed by atoms with Crippen LogP contribution in [0.4, 0.5) is 0 Å². The van der Waals surface area contributed by atoms with Crippen molar-refractivity contribution in [3.8, 4) is 0 Å². The van der Waals surface area contributed by atoms with E-state index in [0.717, 1.165) is 19.4 Å². The van der Waals surface area contributed by atoms with Crippen LogP contribution in [-0.2, 0) is 9.59 Å². The molecule has 1 aliphatic rings. The minimum absolute atomic E-state index is 0.0604. The highest BCUT2D eigenvalue weighted by Crippen LogP contribution is 2.26. The largest absolute Gasteiger partial charge is 0.355 e. The van der Waals surface area contributed by atoms with E-state index in [1.807, 2.05) is 18.7 Å². The topological polar surface area (TPSA) is 61.4 Å². The molecule has 17 heavy (non-hydrogen) atoms. The minimum atomic E-state index is -0.322. The Balaban J connectivity index is 2.28. The monoisotopic (exact) mass is 241 g/mol. The highest BCUT2D eigenvalue weighted by molar-refractivity contribution is 5.83. The molecule has 0 aromatic carbocycles. The lowest BCUT2D eigenvalue weighted by Gasteiger charge is -2.21. The van der Waals surface area contributed by atoms with E-state index >= 15 is 0 Å². The van der Waals surface area contributed by atoms with E-state index in [-0.39, 0.29) is 24.4 Å². The molecule has 0 bridgehead atoms. The summed E-state index contributed by atoms with van der Waals surface area (Å²) in [4.78, 5) is 25.2. The second kappa shape index (κ2) is 6.59. The van der Waals surface area contributed by atoms with Gasteiger partial charge in [0.05, 0.1) is 12.6 Å². The van der Waals surface area contributed by atoms with Gasteiger partial charge >= 0.3 is 0 Å². The molecule has 0 aromatic rings. The number of rotatable bonds is 7. The second-order valence-corrected chi connectivity index (χ2v) is 4.41. The van der Waals surface area contributed by atoms with Crippen LogP contribution in [0.15, 0.2) is 0 Å². The Morgan fingerprint density at radius 2 is 2.00 bits per heavy atom. The average Bonchev–Trinajstić information content (AvgIpc) is 3.11. The lowest BCUT2D eigenvalue weighted by molar-refractivity contribution is -0.131. The van der Waals surface area contributed by atoms with E-state index in [0.29, 0.717) is 12.6 Å². The van der Waals surface area contributed by atoms with Crippen molar-refractivity contribution in [2.45, 2.75) is 45.7 Å². The quantitative estimate of drug-likeness (QED) is 0.665. The van der Waals surface area contributed by atoms with Crippen LogP contribution in [-0.4, -0.2) is 48.4 Å². The summed E-state index contributed by atoms with van der Waals surface area (Å²) >= 11 is 0. The maximum atomic E-state index is 11.9. The molecule has 2 amide bonds. The third kappa shape index (κ3) is 4.34. The molecule has 1 rings (SSSR count). The zero-order chi connectivity index (χ0) is 12.8. The molecule has 0 aliphatic heterocycles. The van der Waals surface area contributed by atoms with Gasteiger partial charge in [0.2, 0.25) is 11.8 Å². The molecule has 0 heterocycles. The maximum Gasteiger partial charge on any atom is 0.236 e. The van der Waals surface area contributed by atoms with Gasteiger partial charge in [0.15, 0.2) is 0 Å². The smallest absolute Gasteiger partial charge is 0.236 e. The van der Waals surface area contributed by atoms with Gasteiger partial charge in [-0.3, -0.25) is 14.9 Å². The van der Waals surface area contributed by atoms with Crippen LogP contribution in [0, 0.1) is 0 Å². The van der Waals surface area contributed by atoms with Crippen molar-refractivity contribution in [1.29, 1.82) is 0 Å². The van der Waals surface area contributed by atoms with Gasteiger partial charge in [0.25, 0.3) is 0 Å². The zero-order valence-electron chi connectivity index (χ0n) is 11.0. The normalized spacial score (nSPS) is 16.4. The van der Waals surface area contributed by atoms with Crippen molar-refractivity contribution in [3.05, 3.63) is 0 Å². The molecule has 0 saturated heterocycles. The fourth-order valence-electron chi connectivity index (χ4n) is 1.79. The third-order valence-electron chi connectivity index (χ3n) is 2.95. The van der Waals surface area contributed by atoms with Gasteiger partial charge in [-0.25, -0.2) is 0 Å². The van der Waals surface area contributed by atoms with Crippen LogP contribution >= 0.6 is 0 Å². The Labute approximate surface area is 103 Å². The number of amides is 2. The Kier molecular flexibility index (Phi) is 5.41. The van der Waals surface area contributed by atoms with Gasteiger partial charge in [-0.2, -0.15) is 0 Å². The number of hydrogen-bond donors (Lipinski definition) is 2. The van der Waals surface area contributed by atoms with E-state index in [1.54, 1.807) is 6.92 Å². The van der Waals surface area contributed by atoms with Gasteiger partial charge in [-0.05, 0) is 33.6 Å². The SMILES string of the molecule is CCNC(=O)C(C)NCC(=O)N(CC)C1CC1. The van der Waals surface area contributed by atoms with Crippen molar-refractivity contribution in [3.63, 3.8) is 0 Å². The summed E-state index contributed by atoms with van der Waals surface area (Å²) in [5.74, 6) is 0.0286. The number of carbonyl (C=O) groups excluding carboxylic acids is 2. The predicted molar refractivity (Wildman–Crippen MR) is 66.6 cm³/mol. The number of likely N-dealkylation sites (N-methyl/N-ethyl adjacent to an activating group) is 2. The van der Waals surface area contributed by atoms with E-state index < -0.39 is 0 Å². The number of hydrogen-bond acceptors (Lipinski definition) is 3. The summed E-state index contributed by atoms with van der Waals surface area (Å²) in [7, 11) is 0. The molecule has 1 aliphatic carbocycles. The molecule has 0 aromatic heterocycles. The second-order valence-electron chi connectivity index (χ2n) is 4.41. The Morgan fingerprint density at radius 1 is 1.35 bits per heavy atom. The molecule has 0 radical (unpaired) electrons. The summed E-state index contributed by atoms with van der Waals surface area (Å²) in [6, 6.07) is 0.117. The fourth-order valence-corrected chi connectivity index (χ4v) is 1.79. The summed E-state index contributed by atoms with van der Waals surface area (Å²) < 4.78 is 0. The first-order chi connectivity index (χ1) is 8.10. The van der Waals surface area contributed by atoms with Crippen LogP contribution in [0.5, 0.6) is 0 Å². The molecule has 0 spiro atoms. The molecule has 1 fully saturated rings. The lowest BCUT2D eigenvalue weighted by Crippen LogP contribution is -2.47. The van der Waals surface area contributed by atoms with Gasteiger partial charge in [0, 0.05) is 19.1 Å². The van der Waals surface area contributed by atoms with Crippen LogP contribution < -0.4 is 10.6 Å². The van der Waals surface area contributed by atoms with Gasteiger partial charge < -0.3 is 10.2 Å². The first-order valence-electron chi connectivity index (χ1n) is 6.40. The molecule has 5 heteroatoms. The maximum absolute atomic E-state index is 11.9. The molecule has 5 nitrogen and oxygen atoms in total. The third-order valence-corrected chi connectivity index (χ3v) is 2.95. The number of nitrogens with zero attached hydrogens (tertiary/aromatic N) is 1. The van der Waals surface area contributed by atoms with E-state index in [1.165, 1.54) is 0 Å². The molecule has 98 valence electrons. The van der Waals surface area contributed by atoms with Crippen molar-refractivity contribution >= 4 is 11.8 Å². The lowest BCUT2D eigenvalue weighted by atomic mass is 10.3. The highest BCUT2D eigenvalue weighted by atomic mass is 16.2. The van der Waals surface area contributed by atoms with E-state index in [4.69, 9.17) is 0 Å². The summed E-state index contributed by atoms with van der Waals surface area (Å²) in [5.41, 5.74) is 0. The Morgan fingerprint density at radius 3 is 2.47 bits per heavy atom. The standard InChI is InChI=1S/C12H23N3O2/c1-4-13-12(17)9(3)14-8-11(16)15(5-2)10-6-7-10/h9-10,14H,4-8H2,1-3H3,(H,13,17). The molecular formula is C12H23N3O2. The van der Waals surface area contributed by atoms with Crippen molar-refractivity contribution in [1.82, 2.24) is 15.5 Å². The average molecular weight is 241 g/mol.